The van der Waals surface area contributed by atoms with Crippen molar-refractivity contribution >= 4 is 29.1 Å². The van der Waals surface area contributed by atoms with Crippen LogP contribution in [-0.2, 0) is 4.79 Å². The van der Waals surface area contributed by atoms with E-state index >= 15 is 0 Å². The summed E-state index contributed by atoms with van der Waals surface area (Å²) in [6, 6.07) is 7.68. The number of allylic oxidation sites excluding steroid dienone is 2. The normalized spacial score (nSPS) is 28.3. The lowest BCUT2D eigenvalue weighted by Gasteiger charge is -2.33. The Morgan fingerprint density at radius 3 is 2.52 bits per heavy atom. The summed E-state index contributed by atoms with van der Waals surface area (Å²) in [5.74, 6) is 0.728. The van der Waals surface area contributed by atoms with E-state index < -0.39 is 0 Å². The van der Waals surface area contributed by atoms with Crippen LogP contribution >= 0.6 is 12.2 Å². The van der Waals surface area contributed by atoms with Crippen LogP contribution < -0.4 is 4.74 Å². The molecule has 2 bridgehead atoms. The van der Waals surface area contributed by atoms with Crippen molar-refractivity contribution in [3.05, 3.63) is 47.1 Å². The molecule has 2 unspecified atom stereocenters. The van der Waals surface area contributed by atoms with Gasteiger partial charge in [0.2, 0.25) is 0 Å². The molecule has 1 aromatic carbocycles. The molecule has 0 aromatic heterocycles. The van der Waals surface area contributed by atoms with Gasteiger partial charge in [-0.1, -0.05) is 56.8 Å². The summed E-state index contributed by atoms with van der Waals surface area (Å²) in [6.45, 7) is 10.7. The standard InChI is InChI=1S/C22H26O2S/c1-14(2)12-19(23)24-18-9-7-6-8-15(18)13-16-17-10-11-22(5,20(16)25)21(17,3)4/h6-9,12-13,17H,10-11H2,1-5H3/b16-13+. The summed E-state index contributed by atoms with van der Waals surface area (Å²) < 4.78 is 5.56. The van der Waals surface area contributed by atoms with Gasteiger partial charge in [-0.25, -0.2) is 4.79 Å². The molecule has 2 atom stereocenters. The summed E-state index contributed by atoms with van der Waals surface area (Å²) in [5.41, 5.74) is 3.36. The van der Waals surface area contributed by atoms with Gasteiger partial charge in [-0.3, -0.25) is 0 Å². The minimum absolute atomic E-state index is 0.0898. The summed E-state index contributed by atoms with van der Waals surface area (Å²) >= 11 is 5.86. The molecular weight excluding hydrogens is 328 g/mol. The molecule has 0 radical (unpaired) electrons. The molecule has 0 saturated heterocycles. The number of hydrogen-bond donors (Lipinski definition) is 0. The average Bonchev–Trinajstić information content (AvgIpc) is 2.82. The fourth-order valence-corrected chi connectivity index (χ4v) is 4.89. The van der Waals surface area contributed by atoms with Crippen LogP contribution in [0.1, 0.15) is 53.0 Å². The molecule has 0 aliphatic heterocycles. The van der Waals surface area contributed by atoms with E-state index in [1.54, 1.807) is 0 Å². The first kappa shape index (κ1) is 18.1. The second kappa shape index (κ2) is 6.21. The van der Waals surface area contributed by atoms with Crippen LogP contribution in [-0.4, -0.2) is 10.8 Å². The van der Waals surface area contributed by atoms with Crippen molar-refractivity contribution in [2.75, 3.05) is 0 Å². The van der Waals surface area contributed by atoms with Gasteiger partial charge >= 0.3 is 5.97 Å². The van der Waals surface area contributed by atoms with Gasteiger partial charge in [0, 0.05) is 21.9 Å². The summed E-state index contributed by atoms with van der Waals surface area (Å²) in [6.07, 6.45) is 5.99. The zero-order valence-electron chi connectivity index (χ0n) is 15.7. The first-order chi connectivity index (χ1) is 11.7. The molecule has 0 spiro atoms. The summed E-state index contributed by atoms with van der Waals surface area (Å²) in [4.78, 5) is 13.1. The number of carbonyl (C=O) groups excluding carboxylic acids is 1. The van der Waals surface area contributed by atoms with E-state index in [0.29, 0.717) is 11.7 Å². The molecule has 2 saturated carbocycles. The van der Waals surface area contributed by atoms with Crippen LogP contribution in [0, 0.1) is 16.7 Å². The molecular formula is C22H26O2S. The molecule has 1 aromatic rings. The Morgan fingerprint density at radius 2 is 1.92 bits per heavy atom. The number of ether oxygens (including phenoxy) is 1. The zero-order chi connectivity index (χ0) is 18.4. The Kier molecular flexibility index (Phi) is 4.48. The number of esters is 1. The van der Waals surface area contributed by atoms with Crippen molar-refractivity contribution in [3.63, 3.8) is 0 Å². The third-order valence-corrected chi connectivity index (χ3v) is 6.90. The first-order valence-corrected chi connectivity index (χ1v) is 9.30. The lowest BCUT2D eigenvalue weighted by Crippen LogP contribution is -2.31. The minimum atomic E-state index is -0.339. The molecule has 0 amide bonds. The van der Waals surface area contributed by atoms with Gasteiger partial charge in [0.1, 0.15) is 5.75 Å². The van der Waals surface area contributed by atoms with E-state index in [0.717, 1.165) is 22.4 Å². The second-order valence-corrected chi connectivity index (χ2v) is 8.66. The van der Waals surface area contributed by atoms with Crippen LogP contribution in [0.15, 0.2) is 41.5 Å². The van der Waals surface area contributed by atoms with Crippen LogP contribution in [0.25, 0.3) is 6.08 Å². The number of thiocarbonyl (C=S) groups is 1. The van der Waals surface area contributed by atoms with E-state index in [1.165, 1.54) is 18.1 Å². The maximum absolute atomic E-state index is 12.0. The molecule has 3 rings (SSSR count). The van der Waals surface area contributed by atoms with Gasteiger partial charge in [0.05, 0.1) is 0 Å². The number of benzene rings is 1. The van der Waals surface area contributed by atoms with E-state index in [-0.39, 0.29) is 16.8 Å². The quantitative estimate of drug-likeness (QED) is 0.298. The van der Waals surface area contributed by atoms with Gasteiger partial charge in [-0.05, 0) is 55.7 Å². The topological polar surface area (TPSA) is 26.3 Å². The van der Waals surface area contributed by atoms with Gasteiger partial charge in [-0.15, -0.1) is 0 Å². The molecule has 132 valence electrons. The number of carbonyl (C=O) groups is 1. The van der Waals surface area contributed by atoms with Gasteiger partial charge in [0.25, 0.3) is 0 Å². The van der Waals surface area contributed by atoms with E-state index in [4.69, 9.17) is 17.0 Å². The number of fused-ring (bicyclic) bond motifs is 2. The van der Waals surface area contributed by atoms with Crippen LogP contribution in [0.5, 0.6) is 5.75 Å². The Morgan fingerprint density at radius 1 is 1.24 bits per heavy atom. The van der Waals surface area contributed by atoms with Gasteiger partial charge in [-0.2, -0.15) is 0 Å². The third kappa shape index (κ3) is 2.89. The van der Waals surface area contributed by atoms with Crippen molar-refractivity contribution in [1.82, 2.24) is 0 Å². The largest absolute Gasteiger partial charge is 0.423 e. The van der Waals surface area contributed by atoms with Crippen molar-refractivity contribution in [2.24, 2.45) is 16.7 Å². The Balaban J connectivity index is 1.97. The van der Waals surface area contributed by atoms with E-state index in [2.05, 4.69) is 26.8 Å². The van der Waals surface area contributed by atoms with Gasteiger partial charge in [0.15, 0.2) is 0 Å². The minimum Gasteiger partial charge on any atom is -0.423 e. The van der Waals surface area contributed by atoms with Crippen LogP contribution in [0.4, 0.5) is 0 Å². The number of rotatable bonds is 3. The number of para-hydroxylation sites is 1. The zero-order valence-corrected chi connectivity index (χ0v) is 16.5. The molecule has 0 N–H and O–H groups in total. The molecule has 2 nitrogen and oxygen atoms in total. The van der Waals surface area contributed by atoms with Crippen molar-refractivity contribution in [3.8, 4) is 5.75 Å². The summed E-state index contributed by atoms with van der Waals surface area (Å²) in [5, 5.41) is 0. The van der Waals surface area contributed by atoms with Crippen molar-refractivity contribution < 1.29 is 9.53 Å². The SMILES string of the molecule is CC(C)=CC(=O)Oc1ccccc1/C=C1/C(=S)C2(C)CCC1C2(C)C. The average molecular weight is 355 g/mol. The van der Waals surface area contributed by atoms with E-state index in [9.17, 15) is 4.79 Å². The van der Waals surface area contributed by atoms with Crippen molar-refractivity contribution in [2.45, 2.75) is 47.5 Å². The lowest BCUT2D eigenvalue weighted by molar-refractivity contribution is -0.129. The number of hydrogen-bond acceptors (Lipinski definition) is 3. The lowest BCUT2D eigenvalue weighted by atomic mass is 9.71. The predicted octanol–water partition coefficient (Wildman–Crippen LogP) is 5.77. The fourth-order valence-electron chi connectivity index (χ4n) is 4.33. The Hall–Kier alpha value is -1.74. The molecule has 0 heterocycles. The maximum Gasteiger partial charge on any atom is 0.336 e. The van der Waals surface area contributed by atoms with Crippen molar-refractivity contribution in [1.29, 1.82) is 0 Å². The molecule has 2 fully saturated rings. The summed E-state index contributed by atoms with van der Waals surface area (Å²) in [7, 11) is 0. The highest BCUT2D eigenvalue weighted by Crippen LogP contribution is 2.66. The van der Waals surface area contributed by atoms with E-state index in [1.807, 2.05) is 38.1 Å². The molecule has 2 aliphatic rings. The second-order valence-electron chi connectivity index (χ2n) is 8.25. The Labute approximate surface area is 156 Å². The molecule has 3 heteroatoms. The predicted molar refractivity (Wildman–Crippen MR) is 107 cm³/mol. The molecule has 25 heavy (non-hydrogen) atoms. The Bertz CT molecular complexity index is 796. The third-order valence-electron chi connectivity index (χ3n) is 6.21. The van der Waals surface area contributed by atoms with Crippen LogP contribution in [0.3, 0.4) is 0 Å². The fraction of sp³-hybridized carbons (Fsp3) is 0.455. The molecule has 2 aliphatic carbocycles. The highest BCUT2D eigenvalue weighted by molar-refractivity contribution is 7.81. The van der Waals surface area contributed by atoms with Crippen LogP contribution in [0.2, 0.25) is 0 Å². The monoisotopic (exact) mass is 354 g/mol. The smallest absolute Gasteiger partial charge is 0.336 e. The highest BCUT2D eigenvalue weighted by atomic mass is 32.1. The maximum atomic E-state index is 12.0. The first-order valence-electron chi connectivity index (χ1n) is 8.89. The highest BCUT2D eigenvalue weighted by Gasteiger charge is 2.61. The van der Waals surface area contributed by atoms with Gasteiger partial charge < -0.3 is 4.74 Å².